The van der Waals surface area contributed by atoms with Crippen LogP contribution < -0.4 is 9.47 Å². The molecule has 31 heavy (non-hydrogen) atoms. The van der Waals surface area contributed by atoms with Gasteiger partial charge in [0, 0.05) is 11.0 Å². The number of aliphatic imine (C=N–C) groups is 1. The smallest absolute Gasteiger partial charge is 0.266 e. The molecule has 0 N–H and O–H groups in total. The van der Waals surface area contributed by atoms with Crippen molar-refractivity contribution in [3.05, 3.63) is 57.2 Å². The first-order valence-electron chi connectivity index (χ1n) is 9.55. The molecule has 2 aromatic rings. The minimum absolute atomic E-state index is 0.121. The summed E-state index contributed by atoms with van der Waals surface area (Å²) in [6.07, 6.45) is 7.06. The van der Waals surface area contributed by atoms with Crippen molar-refractivity contribution in [2.24, 2.45) is 4.99 Å². The number of likely N-dealkylation sites (N-methyl/N-ethyl adjacent to an activating group) is 1. The van der Waals surface area contributed by atoms with Crippen molar-refractivity contribution in [2.45, 2.75) is 13.8 Å². The van der Waals surface area contributed by atoms with Gasteiger partial charge in [0.1, 0.15) is 12.4 Å². The van der Waals surface area contributed by atoms with Crippen LogP contribution in [0.3, 0.4) is 0 Å². The quantitative estimate of drug-likeness (QED) is 0.364. The highest BCUT2D eigenvalue weighted by Crippen LogP contribution is 2.38. The molecular weight excluding hydrogens is 483 g/mol. The van der Waals surface area contributed by atoms with Gasteiger partial charge >= 0.3 is 0 Å². The summed E-state index contributed by atoms with van der Waals surface area (Å²) in [5.41, 5.74) is 1.33. The van der Waals surface area contributed by atoms with E-state index < -0.39 is 0 Å². The first-order chi connectivity index (χ1) is 15.0. The molecule has 1 aliphatic heterocycles. The second-order valence-electron chi connectivity index (χ2n) is 6.28. The number of amides is 1. The highest BCUT2D eigenvalue weighted by molar-refractivity contribution is 9.10. The molecule has 0 aromatic heterocycles. The Morgan fingerprint density at radius 1 is 1.23 bits per heavy atom. The molecule has 0 unspecified atom stereocenters. The van der Waals surface area contributed by atoms with Crippen LogP contribution in [0.1, 0.15) is 19.4 Å². The number of terminal acetylenes is 1. The summed E-state index contributed by atoms with van der Waals surface area (Å²) in [5, 5.41) is 0.542. The molecule has 0 radical (unpaired) electrons. The molecule has 1 amide bonds. The third-order valence-electron chi connectivity index (χ3n) is 4.22. The van der Waals surface area contributed by atoms with Gasteiger partial charge in [0.25, 0.3) is 5.91 Å². The zero-order valence-electron chi connectivity index (χ0n) is 17.0. The second-order valence-corrected chi connectivity index (χ2v) is 8.14. The molecule has 0 aliphatic carbocycles. The summed E-state index contributed by atoms with van der Waals surface area (Å²) in [5.74, 6) is 3.01. The SMILES string of the molecule is C#CCOc1cc(Br)c(/C=C2/SC(=Nc3ccc(F)cc3)N(CC)C2=O)cc1OCC. The number of thioether (sulfide) groups is 1. The fourth-order valence-corrected chi connectivity index (χ4v) is 4.29. The lowest BCUT2D eigenvalue weighted by atomic mass is 10.2. The van der Waals surface area contributed by atoms with Crippen LogP contribution in [0.25, 0.3) is 6.08 Å². The Bertz CT molecular complexity index is 1080. The molecule has 1 saturated heterocycles. The molecule has 1 aliphatic rings. The van der Waals surface area contributed by atoms with Gasteiger partial charge in [-0.05, 0) is 73.6 Å². The van der Waals surface area contributed by atoms with E-state index in [9.17, 15) is 9.18 Å². The maximum absolute atomic E-state index is 13.2. The third-order valence-corrected chi connectivity index (χ3v) is 5.91. The monoisotopic (exact) mass is 502 g/mol. The number of hydrogen-bond acceptors (Lipinski definition) is 5. The zero-order valence-corrected chi connectivity index (χ0v) is 19.4. The lowest BCUT2D eigenvalue weighted by Crippen LogP contribution is -2.28. The molecule has 0 atom stereocenters. The van der Waals surface area contributed by atoms with Gasteiger partial charge in [-0.1, -0.05) is 21.9 Å². The maximum atomic E-state index is 13.2. The Kier molecular flexibility index (Phi) is 7.77. The van der Waals surface area contributed by atoms with E-state index in [2.05, 4.69) is 26.8 Å². The van der Waals surface area contributed by atoms with E-state index >= 15 is 0 Å². The third kappa shape index (κ3) is 5.49. The van der Waals surface area contributed by atoms with E-state index in [1.54, 1.807) is 35.2 Å². The number of hydrogen-bond donors (Lipinski definition) is 0. The lowest BCUT2D eigenvalue weighted by molar-refractivity contribution is -0.122. The van der Waals surface area contributed by atoms with E-state index in [1.807, 2.05) is 13.8 Å². The van der Waals surface area contributed by atoms with Gasteiger partial charge in [-0.2, -0.15) is 0 Å². The summed E-state index contributed by atoms with van der Waals surface area (Å²) in [6, 6.07) is 9.38. The molecule has 8 heteroatoms. The number of ether oxygens (including phenoxy) is 2. The number of carbonyl (C=O) groups excluding carboxylic acids is 1. The number of halogens is 2. The maximum Gasteiger partial charge on any atom is 0.266 e. The normalized spacial score (nSPS) is 16.1. The molecule has 160 valence electrons. The Hall–Kier alpha value is -2.76. The minimum Gasteiger partial charge on any atom is -0.490 e. The first kappa shape index (κ1) is 22.9. The van der Waals surface area contributed by atoms with E-state index in [0.717, 1.165) is 10.0 Å². The molecule has 0 bridgehead atoms. The Morgan fingerprint density at radius 2 is 1.94 bits per heavy atom. The van der Waals surface area contributed by atoms with Crippen LogP contribution in [0.2, 0.25) is 0 Å². The van der Waals surface area contributed by atoms with Crippen molar-refractivity contribution >= 4 is 50.5 Å². The standard InChI is InChI=1S/C23H20BrFN2O3S/c1-4-11-30-20-14-18(24)15(12-19(20)29-6-3)13-21-22(28)27(5-2)23(31-21)26-17-9-7-16(25)8-10-17/h1,7-10,12-14H,5-6,11H2,2-3H3/b21-13+,26-23?. The van der Waals surface area contributed by atoms with Gasteiger partial charge in [-0.25, -0.2) is 9.38 Å². The molecule has 5 nitrogen and oxygen atoms in total. The Labute approximate surface area is 193 Å². The highest BCUT2D eigenvalue weighted by Gasteiger charge is 2.32. The molecule has 1 fully saturated rings. The minimum atomic E-state index is -0.336. The first-order valence-corrected chi connectivity index (χ1v) is 11.2. The Morgan fingerprint density at radius 3 is 2.58 bits per heavy atom. The number of amidine groups is 1. The van der Waals surface area contributed by atoms with Crippen LogP contribution >= 0.6 is 27.7 Å². The molecule has 3 rings (SSSR count). The number of nitrogens with zero attached hydrogens (tertiary/aromatic N) is 2. The average molecular weight is 503 g/mol. The van der Waals surface area contributed by atoms with Crippen molar-refractivity contribution in [3.8, 4) is 23.8 Å². The van der Waals surface area contributed by atoms with E-state index in [4.69, 9.17) is 15.9 Å². The van der Waals surface area contributed by atoms with Crippen molar-refractivity contribution in [1.82, 2.24) is 4.90 Å². The van der Waals surface area contributed by atoms with Gasteiger partial charge in [0.05, 0.1) is 17.2 Å². The van der Waals surface area contributed by atoms with Crippen LogP contribution in [0.15, 0.2) is 50.8 Å². The lowest BCUT2D eigenvalue weighted by Gasteiger charge is -2.13. The summed E-state index contributed by atoms with van der Waals surface area (Å²) >= 11 is 4.79. The van der Waals surface area contributed by atoms with Crippen LogP contribution in [0.5, 0.6) is 11.5 Å². The number of carbonyl (C=O) groups is 1. The predicted octanol–water partition coefficient (Wildman–Crippen LogP) is 5.62. The topological polar surface area (TPSA) is 51.1 Å². The van der Waals surface area contributed by atoms with Crippen molar-refractivity contribution < 1.29 is 18.7 Å². The predicted molar refractivity (Wildman–Crippen MR) is 126 cm³/mol. The van der Waals surface area contributed by atoms with Gasteiger partial charge in [-0.3, -0.25) is 9.69 Å². The number of rotatable bonds is 7. The van der Waals surface area contributed by atoms with E-state index in [0.29, 0.717) is 40.4 Å². The van der Waals surface area contributed by atoms with Gasteiger partial charge in [-0.15, -0.1) is 6.42 Å². The summed E-state index contributed by atoms with van der Waals surface area (Å²) in [4.78, 5) is 19.5. The second kappa shape index (κ2) is 10.5. The van der Waals surface area contributed by atoms with E-state index in [1.165, 1.54) is 23.9 Å². The highest BCUT2D eigenvalue weighted by atomic mass is 79.9. The molecular formula is C23H20BrFN2O3S. The van der Waals surface area contributed by atoms with Gasteiger partial charge in [0.2, 0.25) is 0 Å². The number of benzene rings is 2. The fraction of sp³-hybridized carbons (Fsp3) is 0.217. The van der Waals surface area contributed by atoms with Crippen molar-refractivity contribution in [1.29, 1.82) is 0 Å². The molecule has 0 spiro atoms. The molecule has 1 heterocycles. The molecule has 0 saturated carbocycles. The van der Waals surface area contributed by atoms with Gasteiger partial charge in [0.15, 0.2) is 16.7 Å². The van der Waals surface area contributed by atoms with E-state index in [-0.39, 0.29) is 18.3 Å². The van der Waals surface area contributed by atoms with Crippen LogP contribution in [0.4, 0.5) is 10.1 Å². The van der Waals surface area contributed by atoms with Gasteiger partial charge < -0.3 is 9.47 Å². The average Bonchev–Trinajstić information content (AvgIpc) is 3.05. The zero-order chi connectivity index (χ0) is 22.4. The van der Waals surface area contributed by atoms with Crippen LogP contribution in [-0.2, 0) is 4.79 Å². The van der Waals surface area contributed by atoms with Crippen LogP contribution in [0, 0.1) is 18.2 Å². The molecule has 2 aromatic carbocycles. The summed E-state index contributed by atoms with van der Waals surface area (Å²) < 4.78 is 25.1. The van der Waals surface area contributed by atoms with Crippen LogP contribution in [-0.4, -0.2) is 35.7 Å². The Balaban J connectivity index is 1.95. The van der Waals surface area contributed by atoms with Crippen molar-refractivity contribution in [3.63, 3.8) is 0 Å². The largest absolute Gasteiger partial charge is 0.490 e. The summed E-state index contributed by atoms with van der Waals surface area (Å²) in [7, 11) is 0. The summed E-state index contributed by atoms with van der Waals surface area (Å²) in [6.45, 7) is 4.79. The van der Waals surface area contributed by atoms with Crippen molar-refractivity contribution in [2.75, 3.05) is 19.8 Å². The fourth-order valence-electron chi connectivity index (χ4n) is 2.80.